The number of furan rings is 1. The molecule has 0 spiro atoms. The Morgan fingerprint density at radius 1 is 1.19 bits per heavy atom. The normalized spacial score (nSPS) is 24.1. The molecule has 2 heteroatoms. The van der Waals surface area contributed by atoms with Crippen LogP contribution < -0.4 is 5.32 Å². The van der Waals surface area contributed by atoms with Crippen LogP contribution in [0.1, 0.15) is 23.8 Å². The lowest BCUT2D eigenvalue weighted by molar-refractivity contribution is 0.377. The summed E-state index contributed by atoms with van der Waals surface area (Å²) in [5.74, 6) is 1.12. The Labute approximate surface area is 95.3 Å². The zero-order valence-electron chi connectivity index (χ0n) is 9.36. The van der Waals surface area contributed by atoms with Crippen LogP contribution in [0.15, 0.2) is 47.1 Å². The molecule has 16 heavy (non-hydrogen) atoms. The summed E-state index contributed by atoms with van der Waals surface area (Å²) in [7, 11) is 0. The molecule has 1 aromatic heterocycles. The Bertz CT molecular complexity index is 488. The van der Waals surface area contributed by atoms with Crippen LogP contribution in [-0.2, 0) is 12.0 Å². The number of hydrogen-bond acceptors (Lipinski definition) is 2. The molecule has 1 aromatic carbocycles. The van der Waals surface area contributed by atoms with Gasteiger partial charge >= 0.3 is 0 Å². The molecule has 0 aliphatic carbocycles. The van der Waals surface area contributed by atoms with Crippen molar-refractivity contribution in [3.63, 3.8) is 0 Å². The lowest BCUT2D eigenvalue weighted by Crippen LogP contribution is -2.45. The van der Waals surface area contributed by atoms with Crippen molar-refractivity contribution < 1.29 is 4.42 Å². The minimum Gasteiger partial charge on any atom is -0.469 e. The Balaban J connectivity index is 2.14. The smallest absolute Gasteiger partial charge is 0.110 e. The van der Waals surface area contributed by atoms with Crippen molar-refractivity contribution >= 4 is 0 Å². The second-order valence-corrected chi connectivity index (χ2v) is 4.43. The van der Waals surface area contributed by atoms with E-state index in [2.05, 4.69) is 42.6 Å². The fourth-order valence-corrected chi connectivity index (χ4v) is 2.53. The lowest BCUT2D eigenvalue weighted by atomic mass is 9.82. The molecular formula is C14H15NO. The maximum Gasteiger partial charge on any atom is 0.110 e. The van der Waals surface area contributed by atoms with Gasteiger partial charge in [0, 0.05) is 18.5 Å². The summed E-state index contributed by atoms with van der Waals surface area (Å²) in [5, 5.41) is 3.59. The van der Waals surface area contributed by atoms with Gasteiger partial charge in [0.05, 0.1) is 11.8 Å². The largest absolute Gasteiger partial charge is 0.469 e. The molecule has 0 saturated heterocycles. The SMILES string of the molecule is CC1(c2ccccc2)NCCc2occc21. The van der Waals surface area contributed by atoms with E-state index in [9.17, 15) is 0 Å². The van der Waals surface area contributed by atoms with E-state index in [0.29, 0.717) is 0 Å². The number of rotatable bonds is 1. The molecule has 2 nitrogen and oxygen atoms in total. The number of hydrogen-bond donors (Lipinski definition) is 1. The molecule has 3 rings (SSSR count). The third kappa shape index (κ3) is 1.30. The molecule has 0 amide bonds. The summed E-state index contributed by atoms with van der Waals surface area (Å²) in [5.41, 5.74) is 2.45. The van der Waals surface area contributed by atoms with Gasteiger partial charge < -0.3 is 9.73 Å². The van der Waals surface area contributed by atoms with E-state index in [4.69, 9.17) is 4.42 Å². The average Bonchev–Trinajstić information content (AvgIpc) is 2.80. The van der Waals surface area contributed by atoms with Gasteiger partial charge in [0.1, 0.15) is 5.76 Å². The van der Waals surface area contributed by atoms with E-state index in [1.165, 1.54) is 11.1 Å². The number of benzene rings is 1. The summed E-state index contributed by atoms with van der Waals surface area (Å²) >= 11 is 0. The molecule has 0 fully saturated rings. The van der Waals surface area contributed by atoms with E-state index in [1.54, 1.807) is 6.26 Å². The van der Waals surface area contributed by atoms with Gasteiger partial charge in [-0.2, -0.15) is 0 Å². The van der Waals surface area contributed by atoms with E-state index in [1.807, 2.05) is 6.07 Å². The topological polar surface area (TPSA) is 25.2 Å². The van der Waals surface area contributed by atoms with E-state index < -0.39 is 0 Å². The predicted molar refractivity (Wildman–Crippen MR) is 63.3 cm³/mol. The van der Waals surface area contributed by atoms with Gasteiger partial charge in [0.2, 0.25) is 0 Å². The summed E-state index contributed by atoms with van der Waals surface area (Å²) in [4.78, 5) is 0. The molecular weight excluding hydrogens is 198 g/mol. The van der Waals surface area contributed by atoms with Crippen LogP contribution in [0.4, 0.5) is 0 Å². The third-order valence-corrected chi connectivity index (χ3v) is 3.47. The van der Waals surface area contributed by atoms with Gasteiger partial charge in [0.15, 0.2) is 0 Å². The number of nitrogens with one attached hydrogen (secondary N) is 1. The summed E-state index contributed by atoms with van der Waals surface area (Å²) < 4.78 is 5.53. The summed E-state index contributed by atoms with van der Waals surface area (Å²) in [6.07, 6.45) is 2.77. The molecule has 2 heterocycles. The van der Waals surface area contributed by atoms with Gasteiger partial charge in [-0.25, -0.2) is 0 Å². The van der Waals surface area contributed by atoms with Gasteiger partial charge in [-0.1, -0.05) is 30.3 Å². The highest BCUT2D eigenvalue weighted by Gasteiger charge is 2.34. The first kappa shape index (κ1) is 9.67. The zero-order chi connectivity index (χ0) is 11.0. The van der Waals surface area contributed by atoms with Crippen molar-refractivity contribution in [2.75, 3.05) is 6.54 Å². The summed E-state index contributed by atoms with van der Waals surface area (Å²) in [6, 6.07) is 12.6. The molecule has 1 atom stereocenters. The fraction of sp³-hybridized carbons (Fsp3) is 0.286. The Morgan fingerprint density at radius 2 is 2.00 bits per heavy atom. The van der Waals surface area contributed by atoms with Gasteiger partial charge in [-0.3, -0.25) is 0 Å². The fourth-order valence-electron chi connectivity index (χ4n) is 2.53. The second-order valence-electron chi connectivity index (χ2n) is 4.43. The highest BCUT2D eigenvalue weighted by molar-refractivity contribution is 5.40. The van der Waals surface area contributed by atoms with E-state index >= 15 is 0 Å². The Hall–Kier alpha value is -1.54. The molecule has 1 aliphatic heterocycles. The first-order valence-electron chi connectivity index (χ1n) is 5.68. The molecule has 2 aromatic rings. The van der Waals surface area contributed by atoms with Crippen LogP contribution in [0.5, 0.6) is 0 Å². The van der Waals surface area contributed by atoms with E-state index in [0.717, 1.165) is 18.7 Å². The van der Waals surface area contributed by atoms with Crippen LogP contribution >= 0.6 is 0 Å². The molecule has 82 valence electrons. The van der Waals surface area contributed by atoms with Gasteiger partial charge in [0.25, 0.3) is 0 Å². The van der Waals surface area contributed by atoms with Crippen molar-refractivity contribution in [2.45, 2.75) is 18.9 Å². The highest BCUT2D eigenvalue weighted by atomic mass is 16.3. The van der Waals surface area contributed by atoms with Crippen molar-refractivity contribution in [3.05, 3.63) is 59.5 Å². The van der Waals surface area contributed by atoms with Crippen LogP contribution in [-0.4, -0.2) is 6.54 Å². The van der Waals surface area contributed by atoms with Gasteiger partial charge in [-0.05, 0) is 18.6 Å². The molecule has 0 bridgehead atoms. The quantitative estimate of drug-likeness (QED) is 0.788. The van der Waals surface area contributed by atoms with E-state index in [-0.39, 0.29) is 5.54 Å². The molecule has 1 N–H and O–H groups in total. The average molecular weight is 213 g/mol. The van der Waals surface area contributed by atoms with Crippen LogP contribution in [0.25, 0.3) is 0 Å². The Kier molecular flexibility index (Phi) is 2.11. The minimum absolute atomic E-state index is 0.109. The van der Waals surface area contributed by atoms with Crippen LogP contribution in [0.2, 0.25) is 0 Å². The maximum absolute atomic E-state index is 5.53. The van der Waals surface area contributed by atoms with Crippen molar-refractivity contribution in [1.29, 1.82) is 0 Å². The Morgan fingerprint density at radius 3 is 2.81 bits per heavy atom. The van der Waals surface area contributed by atoms with Crippen LogP contribution in [0, 0.1) is 0 Å². The van der Waals surface area contributed by atoms with Crippen LogP contribution in [0.3, 0.4) is 0 Å². The van der Waals surface area contributed by atoms with Crippen molar-refractivity contribution in [1.82, 2.24) is 5.32 Å². The minimum atomic E-state index is -0.109. The lowest BCUT2D eigenvalue weighted by Gasteiger charge is -2.35. The number of fused-ring (bicyclic) bond motifs is 1. The molecule has 0 saturated carbocycles. The van der Waals surface area contributed by atoms with Crippen molar-refractivity contribution in [2.24, 2.45) is 0 Å². The van der Waals surface area contributed by atoms with Gasteiger partial charge in [-0.15, -0.1) is 0 Å². The van der Waals surface area contributed by atoms with Crippen molar-refractivity contribution in [3.8, 4) is 0 Å². The predicted octanol–water partition coefficient (Wildman–Crippen LogP) is 2.69. The third-order valence-electron chi connectivity index (χ3n) is 3.47. The molecule has 1 aliphatic rings. The maximum atomic E-state index is 5.53. The molecule has 0 radical (unpaired) electrons. The first-order chi connectivity index (χ1) is 7.81. The summed E-state index contributed by atoms with van der Waals surface area (Å²) in [6.45, 7) is 3.18. The molecule has 1 unspecified atom stereocenters. The highest BCUT2D eigenvalue weighted by Crippen LogP contribution is 2.34. The standard InChI is InChI=1S/C14H15NO/c1-14(11-5-3-2-4-6-11)12-8-10-16-13(12)7-9-15-14/h2-6,8,10,15H,7,9H2,1H3. The monoisotopic (exact) mass is 213 g/mol. The zero-order valence-corrected chi connectivity index (χ0v) is 9.36. The second kappa shape index (κ2) is 3.49. The first-order valence-corrected chi connectivity index (χ1v) is 5.68.